The normalized spacial score (nSPS) is 15.7. The third kappa shape index (κ3) is 5.45. The van der Waals surface area contributed by atoms with E-state index < -0.39 is 27.2 Å². The van der Waals surface area contributed by atoms with Crippen molar-refractivity contribution in [2.45, 2.75) is 37.8 Å². The number of benzene rings is 1. The van der Waals surface area contributed by atoms with Gasteiger partial charge in [-0.15, -0.1) is 0 Å². The highest BCUT2D eigenvalue weighted by Gasteiger charge is 2.32. The molecule has 4 aromatic rings. The average Bonchev–Trinajstić information content (AvgIpc) is 2.97. The van der Waals surface area contributed by atoms with Gasteiger partial charge in [0.2, 0.25) is 5.91 Å². The third-order valence-electron chi connectivity index (χ3n) is 7.51. The highest BCUT2D eigenvalue weighted by atomic mass is 35.5. The van der Waals surface area contributed by atoms with E-state index in [1.54, 1.807) is 15.9 Å². The molecule has 1 fully saturated rings. The number of aromatic nitrogens is 4. The molecular formula is C30H29ClF2N6O4S. The largest absolute Gasteiger partial charge is 0.355 e. The smallest absolute Gasteiger partial charge is 0.350 e. The number of hydrogen-bond acceptors (Lipinski definition) is 8. The summed E-state index contributed by atoms with van der Waals surface area (Å²) in [7, 11) is -3.99. The number of halogens is 3. The molecule has 1 aromatic carbocycles. The molecule has 4 heterocycles. The third-order valence-corrected chi connectivity index (χ3v) is 8.90. The Morgan fingerprint density at radius 3 is 2.52 bits per heavy atom. The van der Waals surface area contributed by atoms with Gasteiger partial charge in [-0.2, -0.15) is 4.98 Å². The number of rotatable bonds is 6. The minimum absolute atomic E-state index is 0.0630. The monoisotopic (exact) mass is 642 g/mol. The number of nitrogens with zero attached hydrogens (tertiary/aromatic N) is 6. The summed E-state index contributed by atoms with van der Waals surface area (Å²) in [6.45, 7) is 9.81. The van der Waals surface area contributed by atoms with E-state index in [2.05, 4.69) is 21.5 Å². The Morgan fingerprint density at radius 2 is 1.89 bits per heavy atom. The van der Waals surface area contributed by atoms with Crippen LogP contribution in [0.2, 0.25) is 5.02 Å². The number of carbonyl (C=O) groups excluding carboxylic acids is 1. The maximum absolute atomic E-state index is 15.9. The molecular weight excluding hydrogens is 614 g/mol. The molecule has 1 saturated heterocycles. The van der Waals surface area contributed by atoms with Crippen LogP contribution in [-0.2, 0) is 14.6 Å². The van der Waals surface area contributed by atoms with Gasteiger partial charge in [0.25, 0.3) is 0 Å². The van der Waals surface area contributed by atoms with E-state index in [0.29, 0.717) is 5.56 Å². The van der Waals surface area contributed by atoms with Gasteiger partial charge in [0.05, 0.1) is 16.1 Å². The maximum Gasteiger partial charge on any atom is 0.355 e. The maximum atomic E-state index is 15.9. The number of hydrogen-bond donors (Lipinski definition) is 0. The van der Waals surface area contributed by atoms with E-state index >= 15 is 4.39 Å². The van der Waals surface area contributed by atoms with Crippen LogP contribution in [-0.4, -0.2) is 70.7 Å². The van der Waals surface area contributed by atoms with Gasteiger partial charge in [-0.1, -0.05) is 44.2 Å². The zero-order chi connectivity index (χ0) is 32.1. The van der Waals surface area contributed by atoms with Crippen LogP contribution in [0.15, 0.2) is 59.0 Å². The van der Waals surface area contributed by atoms with E-state index in [0.717, 1.165) is 23.0 Å². The predicted molar refractivity (Wildman–Crippen MR) is 164 cm³/mol. The molecule has 3 aromatic heterocycles. The number of anilines is 1. The summed E-state index contributed by atoms with van der Waals surface area (Å²) in [6, 6.07) is 6.21. The first kappa shape index (κ1) is 31.2. The number of amides is 1. The summed E-state index contributed by atoms with van der Waals surface area (Å²) < 4.78 is 57.3. The van der Waals surface area contributed by atoms with E-state index in [1.165, 1.54) is 24.4 Å². The molecule has 0 radical (unpaired) electrons. The minimum Gasteiger partial charge on any atom is -0.350 e. The lowest BCUT2D eigenvalue weighted by Crippen LogP contribution is -2.54. The summed E-state index contributed by atoms with van der Waals surface area (Å²) in [5.41, 5.74) is -1.04. The minimum atomic E-state index is -3.99. The molecule has 0 N–H and O–H groups in total. The lowest BCUT2D eigenvalue weighted by atomic mass is 10.0. The van der Waals surface area contributed by atoms with Gasteiger partial charge >= 0.3 is 5.69 Å². The van der Waals surface area contributed by atoms with Crippen molar-refractivity contribution in [2.75, 3.05) is 30.8 Å². The lowest BCUT2D eigenvalue weighted by Gasteiger charge is -2.40. The Kier molecular flexibility index (Phi) is 8.29. The molecule has 44 heavy (non-hydrogen) atoms. The van der Waals surface area contributed by atoms with Gasteiger partial charge in [-0.05, 0) is 42.7 Å². The number of piperazine rings is 1. The lowest BCUT2D eigenvalue weighted by molar-refractivity contribution is -0.126. The van der Waals surface area contributed by atoms with Crippen LogP contribution in [0.5, 0.6) is 0 Å². The van der Waals surface area contributed by atoms with Gasteiger partial charge in [-0.25, -0.2) is 36.5 Å². The first-order valence-corrected chi connectivity index (χ1v) is 16.0. The second-order valence-electron chi connectivity index (χ2n) is 10.9. The Balaban J connectivity index is 1.89. The first-order chi connectivity index (χ1) is 20.7. The highest BCUT2D eigenvalue weighted by Crippen LogP contribution is 2.36. The van der Waals surface area contributed by atoms with Crippen molar-refractivity contribution >= 4 is 44.2 Å². The number of pyridine rings is 2. The molecule has 0 spiro atoms. The van der Waals surface area contributed by atoms with Gasteiger partial charge < -0.3 is 9.80 Å². The van der Waals surface area contributed by atoms with Crippen LogP contribution in [0.4, 0.5) is 14.6 Å². The molecule has 0 aliphatic carbocycles. The molecule has 0 unspecified atom stereocenters. The van der Waals surface area contributed by atoms with Crippen molar-refractivity contribution in [2.24, 2.45) is 0 Å². The fourth-order valence-electron chi connectivity index (χ4n) is 5.41. The zero-order valence-corrected chi connectivity index (χ0v) is 26.0. The molecule has 14 heteroatoms. The predicted octanol–water partition coefficient (Wildman–Crippen LogP) is 4.52. The molecule has 1 atom stereocenters. The van der Waals surface area contributed by atoms with Crippen molar-refractivity contribution < 1.29 is 22.0 Å². The summed E-state index contributed by atoms with van der Waals surface area (Å²) in [4.78, 5) is 42.6. The van der Waals surface area contributed by atoms with Crippen LogP contribution in [0, 0.1) is 11.6 Å². The quantitative estimate of drug-likeness (QED) is 0.282. The molecule has 1 amide bonds. The fourth-order valence-corrected chi connectivity index (χ4v) is 6.44. The SMILES string of the molecule is C=CC(=O)N1CCN(c2nc(=O)n(-c3c(C(C)C)ccnc3S(C)(=O)=O)c3nc(-c4cccc(F)c4Cl)c(F)cc23)[C@@H](C)C1. The van der Waals surface area contributed by atoms with Crippen molar-refractivity contribution in [3.05, 3.63) is 81.9 Å². The molecule has 230 valence electrons. The van der Waals surface area contributed by atoms with Crippen molar-refractivity contribution in [3.63, 3.8) is 0 Å². The number of fused-ring (bicyclic) bond motifs is 1. The van der Waals surface area contributed by atoms with Crippen molar-refractivity contribution in [3.8, 4) is 16.9 Å². The number of carbonyl (C=O) groups is 1. The van der Waals surface area contributed by atoms with E-state index in [4.69, 9.17) is 11.6 Å². The fraction of sp³-hybridized carbons (Fsp3) is 0.300. The van der Waals surface area contributed by atoms with Gasteiger partial charge in [-0.3, -0.25) is 4.79 Å². The second-order valence-corrected chi connectivity index (χ2v) is 13.2. The first-order valence-electron chi connectivity index (χ1n) is 13.7. The van der Waals surface area contributed by atoms with Crippen molar-refractivity contribution in [1.82, 2.24) is 24.4 Å². The average molecular weight is 643 g/mol. The van der Waals surface area contributed by atoms with Gasteiger partial charge in [0, 0.05) is 43.7 Å². The van der Waals surface area contributed by atoms with E-state index in [-0.39, 0.29) is 81.3 Å². The number of sulfone groups is 1. The van der Waals surface area contributed by atoms with Gasteiger partial charge in [0.15, 0.2) is 20.5 Å². The standard InChI is InChI=1S/C30H29ClF2N6O4S/c1-6-23(40)37-12-13-38(17(4)15-37)27-20-14-22(33)25(19-8-7-9-21(32)24(19)31)35-28(20)39(30(41)36-27)26-18(16(2)3)10-11-34-29(26)44(5,42)43/h6-11,14,16-17H,1,12-13,15H2,2-5H3/t17-/m0/s1. The molecule has 5 rings (SSSR count). The Morgan fingerprint density at radius 1 is 1.16 bits per heavy atom. The van der Waals surface area contributed by atoms with Crippen LogP contribution < -0.4 is 10.6 Å². The Hall–Kier alpha value is -4.23. The Labute approximate surface area is 257 Å². The topological polar surface area (TPSA) is 118 Å². The molecule has 0 saturated carbocycles. The van der Waals surface area contributed by atoms with Crippen LogP contribution >= 0.6 is 11.6 Å². The van der Waals surface area contributed by atoms with Crippen LogP contribution in [0.1, 0.15) is 32.3 Å². The molecule has 0 bridgehead atoms. The molecule has 1 aliphatic heterocycles. The molecule has 10 nitrogen and oxygen atoms in total. The summed E-state index contributed by atoms with van der Waals surface area (Å²) >= 11 is 6.21. The Bertz CT molecular complexity index is 2000. The summed E-state index contributed by atoms with van der Waals surface area (Å²) in [5.74, 6) is -2.10. The summed E-state index contributed by atoms with van der Waals surface area (Å²) in [6.07, 6.45) is 3.52. The van der Waals surface area contributed by atoms with Crippen LogP contribution in [0.25, 0.3) is 28.0 Å². The zero-order valence-electron chi connectivity index (χ0n) is 24.4. The van der Waals surface area contributed by atoms with Crippen LogP contribution in [0.3, 0.4) is 0 Å². The van der Waals surface area contributed by atoms with E-state index in [1.807, 2.05) is 20.8 Å². The molecule has 1 aliphatic rings. The van der Waals surface area contributed by atoms with E-state index in [9.17, 15) is 22.4 Å². The highest BCUT2D eigenvalue weighted by molar-refractivity contribution is 7.90. The van der Waals surface area contributed by atoms with Gasteiger partial charge in [0.1, 0.15) is 23.1 Å². The van der Waals surface area contributed by atoms with Crippen molar-refractivity contribution in [1.29, 1.82) is 0 Å². The second kappa shape index (κ2) is 11.7. The summed E-state index contributed by atoms with van der Waals surface area (Å²) in [5, 5.41) is -0.672.